The summed E-state index contributed by atoms with van der Waals surface area (Å²) < 4.78 is 10.4. The molecule has 7 nitrogen and oxygen atoms in total. The number of anilines is 1. The molecular formula is C22H24N4O3. The van der Waals surface area contributed by atoms with E-state index in [-0.39, 0.29) is 11.8 Å². The second kappa shape index (κ2) is 8.77. The number of nitrogens with one attached hydrogen (secondary N) is 1. The number of aromatic nitrogens is 2. The number of carbonyl (C=O) groups is 1. The van der Waals surface area contributed by atoms with Crippen LogP contribution in [-0.4, -0.2) is 36.3 Å². The molecule has 1 aliphatic heterocycles. The van der Waals surface area contributed by atoms with Crippen LogP contribution in [0.3, 0.4) is 0 Å². The Morgan fingerprint density at radius 3 is 2.55 bits per heavy atom. The summed E-state index contributed by atoms with van der Waals surface area (Å²) in [6.07, 6.45) is 3.21. The van der Waals surface area contributed by atoms with Crippen molar-refractivity contribution in [3.63, 3.8) is 0 Å². The van der Waals surface area contributed by atoms with Gasteiger partial charge in [-0.25, -0.2) is 0 Å². The first kappa shape index (κ1) is 19.0. The van der Waals surface area contributed by atoms with Crippen LogP contribution in [-0.2, 0) is 11.3 Å². The highest BCUT2D eigenvalue weighted by atomic mass is 16.5. The van der Waals surface area contributed by atoms with Crippen molar-refractivity contribution in [2.75, 3.05) is 25.1 Å². The quantitative estimate of drug-likeness (QED) is 0.693. The Kier molecular flexibility index (Phi) is 5.74. The van der Waals surface area contributed by atoms with Crippen molar-refractivity contribution in [3.05, 3.63) is 60.6 Å². The molecule has 3 aromatic rings. The molecule has 7 heteroatoms. The minimum atomic E-state index is 0.0211. The van der Waals surface area contributed by atoms with E-state index in [0.717, 1.165) is 54.5 Å². The molecule has 29 heavy (non-hydrogen) atoms. The van der Waals surface area contributed by atoms with Gasteiger partial charge in [-0.2, -0.15) is 0 Å². The van der Waals surface area contributed by atoms with Crippen LogP contribution in [0.15, 0.2) is 59.2 Å². The van der Waals surface area contributed by atoms with E-state index < -0.39 is 0 Å². The number of hydrogen-bond acceptors (Lipinski definition) is 6. The standard InChI is InChI=1S/C22H24N4O3/c1-28-18-6-4-16(5-7-18)20-8-9-21(25-24-20)26-12-10-17(11-13-26)22(27)23-15-19-3-2-14-29-19/h2-9,14,17H,10-13,15H2,1H3,(H,23,27). The Hall–Kier alpha value is -3.35. The topological polar surface area (TPSA) is 80.5 Å². The molecule has 0 bridgehead atoms. The zero-order chi connectivity index (χ0) is 20.1. The number of amides is 1. The highest BCUT2D eigenvalue weighted by molar-refractivity contribution is 5.78. The Morgan fingerprint density at radius 1 is 1.14 bits per heavy atom. The Balaban J connectivity index is 1.30. The van der Waals surface area contributed by atoms with Crippen LogP contribution in [0.1, 0.15) is 18.6 Å². The first-order valence-corrected chi connectivity index (χ1v) is 9.76. The number of hydrogen-bond donors (Lipinski definition) is 1. The Bertz CT molecular complexity index is 916. The third-order valence-corrected chi connectivity index (χ3v) is 5.24. The molecule has 0 saturated carbocycles. The summed E-state index contributed by atoms with van der Waals surface area (Å²) in [4.78, 5) is 14.6. The van der Waals surface area contributed by atoms with Gasteiger partial charge < -0.3 is 19.4 Å². The normalized spacial score (nSPS) is 14.6. The maximum atomic E-state index is 12.4. The fourth-order valence-corrected chi connectivity index (χ4v) is 3.51. The summed E-state index contributed by atoms with van der Waals surface area (Å²) in [6, 6.07) is 15.4. The van der Waals surface area contributed by atoms with Crippen molar-refractivity contribution in [1.29, 1.82) is 0 Å². The first-order chi connectivity index (χ1) is 14.2. The van der Waals surface area contributed by atoms with Gasteiger partial charge >= 0.3 is 0 Å². The molecule has 1 N–H and O–H groups in total. The van der Waals surface area contributed by atoms with E-state index in [4.69, 9.17) is 9.15 Å². The third-order valence-electron chi connectivity index (χ3n) is 5.24. The number of ether oxygens (including phenoxy) is 1. The van der Waals surface area contributed by atoms with Crippen molar-refractivity contribution in [2.24, 2.45) is 5.92 Å². The number of carbonyl (C=O) groups excluding carboxylic acids is 1. The third kappa shape index (κ3) is 4.56. The zero-order valence-electron chi connectivity index (χ0n) is 16.4. The summed E-state index contributed by atoms with van der Waals surface area (Å²) in [5, 5.41) is 11.7. The van der Waals surface area contributed by atoms with E-state index in [1.165, 1.54) is 0 Å². The minimum Gasteiger partial charge on any atom is -0.497 e. The fraction of sp³-hybridized carbons (Fsp3) is 0.318. The maximum Gasteiger partial charge on any atom is 0.223 e. The Labute approximate surface area is 169 Å². The van der Waals surface area contributed by atoms with Gasteiger partial charge in [-0.1, -0.05) is 0 Å². The number of methoxy groups -OCH3 is 1. The van der Waals surface area contributed by atoms with E-state index in [2.05, 4.69) is 20.4 Å². The Morgan fingerprint density at radius 2 is 1.93 bits per heavy atom. The highest BCUT2D eigenvalue weighted by Crippen LogP contribution is 2.24. The zero-order valence-corrected chi connectivity index (χ0v) is 16.4. The van der Waals surface area contributed by atoms with E-state index in [0.29, 0.717) is 6.54 Å². The van der Waals surface area contributed by atoms with Crippen LogP contribution in [0, 0.1) is 5.92 Å². The van der Waals surface area contributed by atoms with E-state index in [1.54, 1.807) is 13.4 Å². The average molecular weight is 392 g/mol. The lowest BCUT2D eigenvalue weighted by molar-refractivity contribution is -0.125. The van der Waals surface area contributed by atoms with E-state index in [9.17, 15) is 4.79 Å². The molecule has 1 aliphatic rings. The molecule has 1 saturated heterocycles. The molecule has 2 aromatic heterocycles. The number of furan rings is 1. The molecule has 150 valence electrons. The molecule has 1 aromatic carbocycles. The number of benzene rings is 1. The van der Waals surface area contributed by atoms with Crippen LogP contribution in [0.2, 0.25) is 0 Å². The lowest BCUT2D eigenvalue weighted by Crippen LogP contribution is -2.40. The summed E-state index contributed by atoms with van der Waals surface area (Å²) in [6.45, 7) is 2.01. The fourth-order valence-electron chi connectivity index (χ4n) is 3.51. The summed E-state index contributed by atoms with van der Waals surface area (Å²) >= 11 is 0. The number of nitrogens with zero attached hydrogens (tertiary/aromatic N) is 3. The number of piperidine rings is 1. The molecule has 3 heterocycles. The van der Waals surface area contributed by atoms with Gasteiger partial charge in [0.1, 0.15) is 11.5 Å². The van der Waals surface area contributed by atoms with Crippen LogP contribution >= 0.6 is 0 Å². The van der Waals surface area contributed by atoms with Gasteiger partial charge in [0.05, 0.1) is 25.6 Å². The first-order valence-electron chi connectivity index (χ1n) is 9.76. The summed E-state index contributed by atoms with van der Waals surface area (Å²) in [7, 11) is 1.65. The predicted molar refractivity (Wildman–Crippen MR) is 110 cm³/mol. The van der Waals surface area contributed by atoms with Gasteiger partial charge in [0.2, 0.25) is 5.91 Å². The molecule has 0 unspecified atom stereocenters. The van der Waals surface area contributed by atoms with Crippen molar-refractivity contribution < 1.29 is 13.9 Å². The van der Waals surface area contributed by atoms with Gasteiger partial charge in [-0.15, -0.1) is 10.2 Å². The van der Waals surface area contributed by atoms with Gasteiger partial charge in [0.15, 0.2) is 5.82 Å². The molecular weight excluding hydrogens is 368 g/mol. The second-order valence-electron chi connectivity index (χ2n) is 7.06. The largest absolute Gasteiger partial charge is 0.497 e. The predicted octanol–water partition coefficient (Wildman–Crippen LogP) is 3.28. The van der Waals surface area contributed by atoms with E-state index >= 15 is 0 Å². The van der Waals surface area contributed by atoms with Crippen molar-refractivity contribution >= 4 is 11.7 Å². The SMILES string of the molecule is COc1ccc(-c2ccc(N3CCC(C(=O)NCc4ccco4)CC3)nn2)cc1. The molecule has 1 fully saturated rings. The summed E-state index contributed by atoms with van der Waals surface area (Å²) in [5.74, 6) is 2.53. The van der Waals surface area contributed by atoms with Gasteiger partial charge in [0, 0.05) is 24.6 Å². The average Bonchev–Trinajstić information content (AvgIpc) is 3.31. The van der Waals surface area contributed by atoms with E-state index in [1.807, 2.05) is 48.5 Å². The van der Waals surface area contributed by atoms with Gasteiger partial charge in [0.25, 0.3) is 0 Å². The smallest absolute Gasteiger partial charge is 0.223 e. The monoisotopic (exact) mass is 392 g/mol. The highest BCUT2D eigenvalue weighted by Gasteiger charge is 2.25. The molecule has 0 atom stereocenters. The number of rotatable bonds is 6. The maximum absolute atomic E-state index is 12.4. The van der Waals surface area contributed by atoms with Crippen molar-refractivity contribution in [3.8, 4) is 17.0 Å². The second-order valence-corrected chi connectivity index (χ2v) is 7.06. The molecule has 0 radical (unpaired) electrons. The molecule has 0 spiro atoms. The van der Waals surface area contributed by atoms with Crippen LogP contribution in [0.4, 0.5) is 5.82 Å². The van der Waals surface area contributed by atoms with Crippen LogP contribution in [0.25, 0.3) is 11.3 Å². The molecule has 4 rings (SSSR count). The van der Waals surface area contributed by atoms with Gasteiger partial charge in [-0.3, -0.25) is 4.79 Å². The van der Waals surface area contributed by atoms with Crippen molar-refractivity contribution in [1.82, 2.24) is 15.5 Å². The van der Waals surface area contributed by atoms with Gasteiger partial charge in [-0.05, 0) is 61.4 Å². The lowest BCUT2D eigenvalue weighted by Gasteiger charge is -2.31. The summed E-state index contributed by atoms with van der Waals surface area (Å²) in [5.41, 5.74) is 1.82. The van der Waals surface area contributed by atoms with Crippen LogP contribution in [0.5, 0.6) is 5.75 Å². The minimum absolute atomic E-state index is 0.0211. The van der Waals surface area contributed by atoms with Crippen LogP contribution < -0.4 is 15.0 Å². The molecule has 1 amide bonds. The lowest BCUT2D eigenvalue weighted by atomic mass is 9.96. The van der Waals surface area contributed by atoms with Crippen molar-refractivity contribution in [2.45, 2.75) is 19.4 Å². The molecule has 0 aliphatic carbocycles.